The van der Waals surface area contributed by atoms with E-state index in [1.165, 1.54) is 22.7 Å². The molecule has 2 aromatic heterocycles. The van der Waals surface area contributed by atoms with E-state index in [0.717, 1.165) is 11.3 Å². The Morgan fingerprint density at radius 1 is 1.24 bits per heavy atom. The summed E-state index contributed by atoms with van der Waals surface area (Å²) in [6.45, 7) is 3.90. The fourth-order valence-corrected chi connectivity index (χ4v) is 4.28. The summed E-state index contributed by atoms with van der Waals surface area (Å²) in [5.41, 5.74) is 1.99. The van der Waals surface area contributed by atoms with Gasteiger partial charge in [0.1, 0.15) is 10.1 Å². The van der Waals surface area contributed by atoms with Crippen molar-refractivity contribution in [2.75, 3.05) is 5.32 Å². The molecule has 4 nitrogen and oxygen atoms in total. The minimum atomic E-state index is -0.230. The minimum Gasteiger partial charge on any atom is -0.491 e. The van der Waals surface area contributed by atoms with Crippen LogP contribution in [-0.4, -0.2) is 17.0 Å². The monoisotopic (exact) mass is 412 g/mol. The highest BCUT2D eigenvalue weighted by Gasteiger charge is 2.14. The number of carbonyl (C=O) groups is 1. The lowest BCUT2D eigenvalue weighted by molar-refractivity contribution is 0.102. The third-order valence-electron chi connectivity index (χ3n) is 3.15. The lowest BCUT2D eigenvalue weighted by Gasteiger charge is -2.09. The van der Waals surface area contributed by atoms with E-state index in [1.807, 2.05) is 19.2 Å². The molecule has 1 aromatic carbocycles. The second-order valence-electron chi connectivity index (χ2n) is 5.42. The number of rotatable bonds is 5. The van der Waals surface area contributed by atoms with Gasteiger partial charge in [0.25, 0.3) is 5.91 Å². The molecule has 1 N–H and O–H groups in total. The summed E-state index contributed by atoms with van der Waals surface area (Å²) in [7, 11) is 0. The first-order valence-corrected chi connectivity index (χ1v) is 9.86. The number of nitrogens with zero attached hydrogens (tertiary/aromatic N) is 1. The van der Waals surface area contributed by atoms with Crippen LogP contribution in [0.2, 0.25) is 8.67 Å². The molecule has 1 amide bonds. The third-order valence-corrected chi connectivity index (χ3v) is 5.39. The van der Waals surface area contributed by atoms with Crippen LogP contribution in [0.3, 0.4) is 0 Å². The van der Waals surface area contributed by atoms with Crippen LogP contribution in [0.1, 0.15) is 24.2 Å². The Kier molecular flexibility index (Phi) is 5.64. The molecule has 0 aliphatic rings. The Morgan fingerprint density at radius 3 is 2.56 bits per heavy atom. The van der Waals surface area contributed by atoms with Crippen LogP contribution in [0.15, 0.2) is 35.7 Å². The normalized spacial score (nSPS) is 10.9. The number of anilines is 1. The van der Waals surface area contributed by atoms with Gasteiger partial charge in [-0.05, 0) is 44.2 Å². The second kappa shape index (κ2) is 7.74. The van der Waals surface area contributed by atoms with Crippen molar-refractivity contribution in [3.05, 3.63) is 49.9 Å². The van der Waals surface area contributed by atoms with E-state index in [2.05, 4.69) is 10.3 Å². The topological polar surface area (TPSA) is 51.2 Å². The quantitative estimate of drug-likeness (QED) is 0.540. The van der Waals surface area contributed by atoms with Gasteiger partial charge in [-0.1, -0.05) is 23.2 Å². The van der Waals surface area contributed by atoms with Crippen molar-refractivity contribution in [3.8, 4) is 17.0 Å². The maximum atomic E-state index is 12.3. The molecule has 8 heteroatoms. The highest BCUT2D eigenvalue weighted by molar-refractivity contribution is 7.20. The third kappa shape index (κ3) is 4.52. The Labute approximate surface area is 163 Å². The van der Waals surface area contributed by atoms with Gasteiger partial charge in [0.15, 0.2) is 5.13 Å². The fraction of sp³-hybridized carbons (Fsp3) is 0.176. The molecule has 0 unspecified atom stereocenters. The van der Waals surface area contributed by atoms with Crippen LogP contribution >= 0.6 is 45.9 Å². The number of aromatic nitrogens is 1. The molecule has 3 rings (SSSR count). The summed E-state index contributed by atoms with van der Waals surface area (Å²) in [6, 6.07) is 8.75. The first-order valence-electron chi connectivity index (χ1n) is 7.41. The highest BCUT2D eigenvalue weighted by atomic mass is 35.5. The largest absolute Gasteiger partial charge is 0.491 e. The van der Waals surface area contributed by atoms with E-state index in [-0.39, 0.29) is 12.0 Å². The van der Waals surface area contributed by atoms with Gasteiger partial charge >= 0.3 is 0 Å². The summed E-state index contributed by atoms with van der Waals surface area (Å²) in [5.74, 6) is 0.499. The second-order valence-corrected chi connectivity index (χ2v) is 8.56. The molecule has 0 bridgehead atoms. The number of halogens is 2. The number of hydrogen-bond acceptors (Lipinski definition) is 5. The molecule has 3 aromatic rings. The molecular formula is C17H14Cl2N2O2S2. The zero-order chi connectivity index (χ0) is 18.0. The van der Waals surface area contributed by atoms with E-state index < -0.39 is 0 Å². The molecule has 0 saturated carbocycles. The predicted octanol–water partition coefficient (Wildman–Crippen LogP) is 6.22. The number of thiazole rings is 1. The van der Waals surface area contributed by atoms with E-state index in [1.54, 1.807) is 30.3 Å². The summed E-state index contributed by atoms with van der Waals surface area (Å²) in [5, 5.41) is 5.12. The standard InChI is InChI=1S/C17H14Cl2N2O2S2/c1-9(2)23-11-5-3-10(4-6-11)16(22)21-17-20-13(8-24-17)12-7-14(18)25-15(12)19/h3-9H,1-2H3,(H,20,21,22). The summed E-state index contributed by atoms with van der Waals surface area (Å²) < 4.78 is 6.75. The molecular weight excluding hydrogens is 399 g/mol. The average Bonchev–Trinajstić information content (AvgIpc) is 3.13. The fourth-order valence-electron chi connectivity index (χ4n) is 2.10. The number of ether oxygens (including phenoxy) is 1. The molecule has 25 heavy (non-hydrogen) atoms. The van der Waals surface area contributed by atoms with E-state index >= 15 is 0 Å². The molecule has 130 valence electrons. The van der Waals surface area contributed by atoms with Gasteiger partial charge in [-0.15, -0.1) is 22.7 Å². The average molecular weight is 413 g/mol. The maximum Gasteiger partial charge on any atom is 0.257 e. The SMILES string of the molecule is CC(C)Oc1ccc(C(=O)Nc2nc(-c3cc(Cl)sc3Cl)cs2)cc1. The van der Waals surface area contributed by atoms with Crippen LogP contribution in [0.25, 0.3) is 11.3 Å². The van der Waals surface area contributed by atoms with Crippen molar-refractivity contribution in [1.82, 2.24) is 4.98 Å². The lowest BCUT2D eigenvalue weighted by Crippen LogP contribution is -2.12. The van der Waals surface area contributed by atoms with Gasteiger partial charge in [0, 0.05) is 16.5 Å². The molecule has 0 fully saturated rings. The maximum absolute atomic E-state index is 12.3. The Hall–Kier alpha value is -1.60. The summed E-state index contributed by atoms with van der Waals surface area (Å²) in [4.78, 5) is 16.7. The number of thiophene rings is 1. The van der Waals surface area contributed by atoms with Crippen molar-refractivity contribution < 1.29 is 9.53 Å². The Balaban J connectivity index is 1.70. The van der Waals surface area contributed by atoms with Crippen molar-refractivity contribution in [2.45, 2.75) is 20.0 Å². The smallest absolute Gasteiger partial charge is 0.257 e. The number of benzene rings is 1. The van der Waals surface area contributed by atoms with E-state index in [0.29, 0.717) is 25.1 Å². The van der Waals surface area contributed by atoms with Gasteiger partial charge in [0.2, 0.25) is 0 Å². The molecule has 2 heterocycles. The summed E-state index contributed by atoms with van der Waals surface area (Å²) in [6.07, 6.45) is 0.0887. The Bertz CT molecular complexity index is 888. The minimum absolute atomic E-state index is 0.0887. The van der Waals surface area contributed by atoms with Crippen molar-refractivity contribution in [2.24, 2.45) is 0 Å². The van der Waals surface area contributed by atoms with E-state index in [4.69, 9.17) is 27.9 Å². The number of hydrogen-bond donors (Lipinski definition) is 1. The highest BCUT2D eigenvalue weighted by Crippen LogP contribution is 2.39. The molecule has 0 radical (unpaired) electrons. The van der Waals surface area contributed by atoms with Gasteiger partial charge in [-0.2, -0.15) is 0 Å². The predicted molar refractivity (Wildman–Crippen MR) is 106 cm³/mol. The van der Waals surface area contributed by atoms with Crippen LogP contribution in [0.4, 0.5) is 5.13 Å². The van der Waals surface area contributed by atoms with Gasteiger partial charge < -0.3 is 4.74 Å². The molecule has 0 saturated heterocycles. The molecule has 0 atom stereocenters. The van der Waals surface area contributed by atoms with Crippen LogP contribution in [0.5, 0.6) is 5.75 Å². The van der Waals surface area contributed by atoms with Gasteiger partial charge in [-0.3, -0.25) is 10.1 Å². The molecule has 0 aliphatic carbocycles. The number of carbonyl (C=O) groups excluding carboxylic acids is 1. The lowest BCUT2D eigenvalue weighted by atomic mass is 10.2. The molecule has 0 spiro atoms. The summed E-state index contributed by atoms with van der Waals surface area (Å²) >= 11 is 14.7. The first-order chi connectivity index (χ1) is 11.9. The van der Waals surface area contributed by atoms with Crippen molar-refractivity contribution in [1.29, 1.82) is 0 Å². The first kappa shape index (κ1) is 18.2. The molecule has 0 aliphatic heterocycles. The van der Waals surface area contributed by atoms with Crippen LogP contribution < -0.4 is 10.1 Å². The van der Waals surface area contributed by atoms with Crippen LogP contribution in [-0.2, 0) is 0 Å². The zero-order valence-electron chi connectivity index (χ0n) is 13.4. The van der Waals surface area contributed by atoms with Crippen LogP contribution in [0, 0.1) is 0 Å². The zero-order valence-corrected chi connectivity index (χ0v) is 16.5. The van der Waals surface area contributed by atoms with Gasteiger partial charge in [-0.25, -0.2) is 4.98 Å². The van der Waals surface area contributed by atoms with Crippen molar-refractivity contribution in [3.63, 3.8) is 0 Å². The van der Waals surface area contributed by atoms with E-state index in [9.17, 15) is 4.79 Å². The number of amides is 1. The Morgan fingerprint density at radius 2 is 1.96 bits per heavy atom. The number of nitrogens with one attached hydrogen (secondary N) is 1. The van der Waals surface area contributed by atoms with Gasteiger partial charge in [0.05, 0.1) is 16.1 Å². The van der Waals surface area contributed by atoms with Crippen molar-refractivity contribution >= 4 is 56.9 Å².